The van der Waals surface area contributed by atoms with E-state index in [1.165, 1.54) is 45.2 Å². The van der Waals surface area contributed by atoms with E-state index in [0.29, 0.717) is 6.04 Å². The van der Waals surface area contributed by atoms with Crippen molar-refractivity contribution in [2.75, 3.05) is 19.6 Å². The second-order valence-corrected chi connectivity index (χ2v) is 5.17. The van der Waals surface area contributed by atoms with Gasteiger partial charge in [-0.2, -0.15) is 0 Å². The summed E-state index contributed by atoms with van der Waals surface area (Å²) in [6, 6.07) is 0.426. The average molecular weight is 238 g/mol. The summed E-state index contributed by atoms with van der Waals surface area (Å²) in [6.45, 7) is 14.6. The lowest BCUT2D eigenvalue weighted by molar-refractivity contribution is 0.0790. The minimum Gasteiger partial charge on any atom is -0.309 e. The molecule has 0 aromatic heterocycles. The number of hydrogen-bond acceptors (Lipinski definition) is 2. The van der Waals surface area contributed by atoms with Gasteiger partial charge in [0.1, 0.15) is 0 Å². The van der Waals surface area contributed by atoms with Crippen LogP contribution in [-0.2, 0) is 0 Å². The van der Waals surface area contributed by atoms with E-state index in [9.17, 15) is 0 Å². The third-order valence-electron chi connectivity index (χ3n) is 4.39. The molecule has 0 aliphatic carbocycles. The first-order chi connectivity index (χ1) is 8.25. The largest absolute Gasteiger partial charge is 0.309 e. The van der Waals surface area contributed by atoms with E-state index < -0.39 is 0 Å². The molecule has 2 heteroatoms. The number of hydrogen-bond donors (Lipinski definition) is 1. The smallest absolute Gasteiger partial charge is 0.0433 e. The molecule has 100 valence electrons. The Kier molecular flexibility index (Phi) is 6.21. The molecule has 1 rings (SSSR count). The van der Waals surface area contributed by atoms with Crippen LogP contribution in [0.1, 0.15) is 52.9 Å². The van der Waals surface area contributed by atoms with E-state index in [1.807, 2.05) is 0 Å². The molecule has 1 fully saturated rings. The molecule has 0 saturated carbocycles. The molecular formula is C15H30N2. The highest BCUT2D eigenvalue weighted by atomic mass is 15.2. The van der Waals surface area contributed by atoms with Gasteiger partial charge in [0.05, 0.1) is 0 Å². The maximum absolute atomic E-state index is 4.06. The number of likely N-dealkylation sites (tertiary alicyclic amines) is 1. The van der Waals surface area contributed by atoms with Gasteiger partial charge in [0, 0.05) is 11.6 Å². The minimum absolute atomic E-state index is 0.285. The van der Waals surface area contributed by atoms with Gasteiger partial charge in [-0.15, -0.1) is 6.58 Å². The molecule has 1 heterocycles. The number of nitrogens with one attached hydrogen (secondary N) is 1. The van der Waals surface area contributed by atoms with E-state index in [0.717, 1.165) is 6.54 Å². The van der Waals surface area contributed by atoms with Crippen LogP contribution in [0.25, 0.3) is 0 Å². The highest BCUT2D eigenvalue weighted by Gasteiger charge is 2.40. The summed E-state index contributed by atoms with van der Waals surface area (Å²) < 4.78 is 0. The fraction of sp³-hybridized carbons (Fsp3) is 0.867. The summed E-state index contributed by atoms with van der Waals surface area (Å²) in [5.41, 5.74) is 0.285. The van der Waals surface area contributed by atoms with Gasteiger partial charge in [-0.3, -0.25) is 4.90 Å². The SMILES string of the molecule is C=CC(NCCC)C(CC)(CC)N1CCCC1. The molecule has 1 atom stereocenters. The Balaban J connectivity index is 2.81. The fourth-order valence-corrected chi connectivity index (χ4v) is 3.29. The minimum atomic E-state index is 0.285. The summed E-state index contributed by atoms with van der Waals surface area (Å²) >= 11 is 0. The molecular weight excluding hydrogens is 208 g/mol. The molecule has 1 N–H and O–H groups in total. The standard InChI is InChI=1S/C15H30N2/c1-5-11-16-14(6-2)15(7-3,8-4)17-12-9-10-13-17/h6,14,16H,2,5,7-13H2,1,3-4H3. The van der Waals surface area contributed by atoms with E-state index in [2.05, 4.69) is 43.6 Å². The Morgan fingerprint density at radius 1 is 1.24 bits per heavy atom. The van der Waals surface area contributed by atoms with Crippen LogP contribution < -0.4 is 5.32 Å². The maximum Gasteiger partial charge on any atom is 0.0433 e. The van der Waals surface area contributed by atoms with Crippen molar-refractivity contribution in [2.45, 2.75) is 64.5 Å². The van der Waals surface area contributed by atoms with Gasteiger partial charge < -0.3 is 5.32 Å². The van der Waals surface area contributed by atoms with Crippen molar-refractivity contribution in [3.8, 4) is 0 Å². The molecule has 0 amide bonds. The lowest BCUT2D eigenvalue weighted by atomic mass is 9.82. The van der Waals surface area contributed by atoms with Gasteiger partial charge in [0.15, 0.2) is 0 Å². The Bertz CT molecular complexity index is 215. The summed E-state index contributed by atoms with van der Waals surface area (Å²) in [4.78, 5) is 2.70. The van der Waals surface area contributed by atoms with Crippen molar-refractivity contribution >= 4 is 0 Å². The van der Waals surface area contributed by atoms with Gasteiger partial charge in [-0.05, 0) is 51.7 Å². The van der Waals surface area contributed by atoms with Crippen molar-refractivity contribution in [2.24, 2.45) is 0 Å². The quantitative estimate of drug-likeness (QED) is 0.653. The van der Waals surface area contributed by atoms with Crippen LogP contribution in [0.5, 0.6) is 0 Å². The fourth-order valence-electron chi connectivity index (χ4n) is 3.29. The summed E-state index contributed by atoms with van der Waals surface area (Å²) in [7, 11) is 0. The summed E-state index contributed by atoms with van der Waals surface area (Å²) in [5.74, 6) is 0. The molecule has 1 aliphatic heterocycles. The zero-order valence-electron chi connectivity index (χ0n) is 12.0. The Labute approximate surface area is 107 Å². The first kappa shape index (κ1) is 14.7. The van der Waals surface area contributed by atoms with E-state index >= 15 is 0 Å². The third-order valence-corrected chi connectivity index (χ3v) is 4.39. The summed E-state index contributed by atoms with van der Waals surface area (Å²) in [6.07, 6.45) is 8.45. The zero-order valence-corrected chi connectivity index (χ0v) is 12.0. The lowest BCUT2D eigenvalue weighted by Crippen LogP contribution is -2.59. The van der Waals surface area contributed by atoms with Crippen LogP contribution >= 0.6 is 0 Å². The maximum atomic E-state index is 4.06. The Hall–Kier alpha value is -0.340. The molecule has 2 nitrogen and oxygen atoms in total. The van der Waals surface area contributed by atoms with Crippen LogP contribution in [0.15, 0.2) is 12.7 Å². The van der Waals surface area contributed by atoms with Crippen LogP contribution in [0.3, 0.4) is 0 Å². The molecule has 0 radical (unpaired) electrons. The Morgan fingerprint density at radius 2 is 1.82 bits per heavy atom. The van der Waals surface area contributed by atoms with Gasteiger partial charge in [0.25, 0.3) is 0 Å². The zero-order chi connectivity index (χ0) is 12.7. The highest BCUT2D eigenvalue weighted by Crippen LogP contribution is 2.32. The van der Waals surface area contributed by atoms with Gasteiger partial charge in [0.2, 0.25) is 0 Å². The predicted octanol–water partition coefficient (Wildman–Crippen LogP) is 3.20. The first-order valence-corrected chi connectivity index (χ1v) is 7.36. The topological polar surface area (TPSA) is 15.3 Å². The van der Waals surface area contributed by atoms with Crippen LogP contribution in [-0.4, -0.2) is 36.1 Å². The molecule has 1 saturated heterocycles. The van der Waals surface area contributed by atoms with E-state index in [1.54, 1.807) is 0 Å². The van der Waals surface area contributed by atoms with Gasteiger partial charge in [-0.1, -0.05) is 26.8 Å². The molecule has 17 heavy (non-hydrogen) atoms. The van der Waals surface area contributed by atoms with E-state index in [4.69, 9.17) is 0 Å². The molecule has 0 aromatic carbocycles. The van der Waals surface area contributed by atoms with Crippen LogP contribution in [0.4, 0.5) is 0 Å². The van der Waals surface area contributed by atoms with Crippen molar-refractivity contribution in [3.63, 3.8) is 0 Å². The van der Waals surface area contributed by atoms with Crippen molar-refractivity contribution in [3.05, 3.63) is 12.7 Å². The van der Waals surface area contributed by atoms with Crippen molar-refractivity contribution < 1.29 is 0 Å². The second kappa shape index (κ2) is 7.17. The van der Waals surface area contributed by atoms with Gasteiger partial charge in [-0.25, -0.2) is 0 Å². The Morgan fingerprint density at radius 3 is 2.24 bits per heavy atom. The normalized spacial score (nSPS) is 19.5. The molecule has 0 aromatic rings. The second-order valence-electron chi connectivity index (χ2n) is 5.17. The number of nitrogens with zero attached hydrogens (tertiary/aromatic N) is 1. The average Bonchev–Trinajstić information content (AvgIpc) is 2.89. The number of rotatable bonds is 8. The highest BCUT2D eigenvalue weighted by molar-refractivity contribution is 5.07. The molecule has 1 aliphatic rings. The van der Waals surface area contributed by atoms with Crippen molar-refractivity contribution in [1.29, 1.82) is 0 Å². The van der Waals surface area contributed by atoms with Crippen LogP contribution in [0, 0.1) is 0 Å². The molecule has 0 bridgehead atoms. The van der Waals surface area contributed by atoms with Crippen molar-refractivity contribution in [1.82, 2.24) is 10.2 Å². The van der Waals surface area contributed by atoms with Crippen LogP contribution in [0.2, 0.25) is 0 Å². The monoisotopic (exact) mass is 238 g/mol. The lowest BCUT2D eigenvalue weighted by Gasteiger charge is -2.46. The van der Waals surface area contributed by atoms with Gasteiger partial charge >= 0.3 is 0 Å². The summed E-state index contributed by atoms with van der Waals surface area (Å²) in [5, 5.41) is 3.68. The molecule has 1 unspecified atom stereocenters. The van der Waals surface area contributed by atoms with E-state index in [-0.39, 0.29) is 5.54 Å². The third kappa shape index (κ3) is 3.11. The molecule has 0 spiro atoms. The predicted molar refractivity (Wildman–Crippen MR) is 76.4 cm³/mol. The first-order valence-electron chi connectivity index (χ1n) is 7.36.